The van der Waals surface area contributed by atoms with Gasteiger partial charge in [0.2, 0.25) is 5.13 Å². The second-order valence-electron chi connectivity index (χ2n) is 8.70. The lowest BCUT2D eigenvalue weighted by Gasteiger charge is -2.42. The fourth-order valence-electron chi connectivity index (χ4n) is 4.29. The third-order valence-corrected chi connectivity index (χ3v) is 8.58. The lowest BCUT2D eigenvalue weighted by molar-refractivity contribution is -0.118. The summed E-state index contributed by atoms with van der Waals surface area (Å²) < 4.78 is 1.70. The van der Waals surface area contributed by atoms with Crippen molar-refractivity contribution in [1.29, 1.82) is 5.26 Å². The third kappa shape index (κ3) is 4.12. The summed E-state index contributed by atoms with van der Waals surface area (Å²) in [6.07, 6.45) is 2.12. The van der Waals surface area contributed by atoms with E-state index in [0.717, 1.165) is 32.2 Å². The topological polar surface area (TPSA) is 95.9 Å². The number of ketones is 1. The van der Waals surface area contributed by atoms with Gasteiger partial charge in [-0.3, -0.25) is 9.69 Å². The van der Waals surface area contributed by atoms with Gasteiger partial charge in [-0.05, 0) is 29.9 Å². The summed E-state index contributed by atoms with van der Waals surface area (Å²) in [7, 11) is 0. The summed E-state index contributed by atoms with van der Waals surface area (Å²) >= 11 is 6.70. The van der Waals surface area contributed by atoms with E-state index in [2.05, 4.69) is 53.0 Å². The molecule has 2 aromatic rings. The van der Waals surface area contributed by atoms with E-state index in [4.69, 9.17) is 5.73 Å². The number of aromatic nitrogens is 2. The van der Waals surface area contributed by atoms with Gasteiger partial charge in [0.25, 0.3) is 0 Å². The molecule has 1 aliphatic heterocycles. The molecule has 0 bridgehead atoms. The third-order valence-electron chi connectivity index (χ3n) is 5.61. The van der Waals surface area contributed by atoms with E-state index in [1.165, 1.54) is 11.3 Å². The molecular formula is C23H24BrN5OS2. The van der Waals surface area contributed by atoms with Gasteiger partial charge >= 0.3 is 0 Å². The Balaban J connectivity index is 1.93. The molecule has 2 heterocycles. The minimum Gasteiger partial charge on any atom is -0.384 e. The van der Waals surface area contributed by atoms with Crippen LogP contribution in [0.2, 0.25) is 0 Å². The van der Waals surface area contributed by atoms with E-state index in [9.17, 15) is 10.1 Å². The van der Waals surface area contributed by atoms with Gasteiger partial charge in [-0.15, -0.1) is 10.2 Å². The molecule has 0 fully saturated rings. The molecule has 0 radical (unpaired) electrons. The second-order valence-corrected chi connectivity index (χ2v) is 11.9. The average Bonchev–Trinajstić information content (AvgIpc) is 3.19. The van der Waals surface area contributed by atoms with Crippen LogP contribution in [-0.2, 0) is 4.79 Å². The van der Waals surface area contributed by atoms with Crippen molar-refractivity contribution in [3.63, 3.8) is 0 Å². The summed E-state index contributed by atoms with van der Waals surface area (Å²) in [5.41, 5.74) is 9.12. The smallest absolute Gasteiger partial charge is 0.219 e. The van der Waals surface area contributed by atoms with Gasteiger partial charge in [-0.2, -0.15) is 5.26 Å². The number of Topliss-reactive ketones (excluding diaryl/α,β-unsaturated/α-hetero) is 1. The number of anilines is 1. The first kappa shape index (κ1) is 23.0. The number of carbonyl (C=O) groups is 1. The zero-order valence-corrected chi connectivity index (χ0v) is 21.4. The number of rotatable bonds is 5. The number of carbonyl (C=O) groups excluding carboxylic acids is 1. The van der Waals surface area contributed by atoms with Crippen molar-refractivity contribution in [3.05, 3.63) is 57.0 Å². The van der Waals surface area contributed by atoms with Crippen molar-refractivity contribution in [2.45, 2.75) is 50.3 Å². The standard InChI is InChI=1S/C23H24BrN5OS2/c1-4-9-31-22-28-27-21(32-22)29-16-10-23(2,3)11-17(30)19(16)18(14(12-25)20(29)26)13-7-5-6-8-15(13)24/h5-8,18H,4,9-11,26H2,1-3H3. The Bertz CT molecular complexity index is 1180. The SMILES string of the molecule is CCCSc1nnc(N2C(N)=C(C#N)C(c3ccccc3Br)C3=C2CC(C)(C)CC3=O)s1. The molecule has 0 spiro atoms. The molecule has 1 aromatic heterocycles. The van der Waals surface area contributed by atoms with Crippen molar-refractivity contribution in [2.24, 2.45) is 11.1 Å². The fraction of sp³-hybridized carbons (Fsp3) is 0.391. The summed E-state index contributed by atoms with van der Waals surface area (Å²) in [6, 6.07) is 10.00. The molecule has 1 aliphatic carbocycles. The molecule has 2 N–H and O–H groups in total. The van der Waals surface area contributed by atoms with Crippen molar-refractivity contribution >= 4 is 49.9 Å². The van der Waals surface area contributed by atoms with E-state index in [0.29, 0.717) is 34.9 Å². The minimum absolute atomic E-state index is 0.0485. The summed E-state index contributed by atoms with van der Waals surface area (Å²) in [5.74, 6) is 0.813. The molecule has 0 amide bonds. The number of nitrogens with zero attached hydrogens (tertiary/aromatic N) is 4. The van der Waals surface area contributed by atoms with E-state index >= 15 is 0 Å². The quantitative estimate of drug-likeness (QED) is 0.492. The van der Waals surface area contributed by atoms with Crippen molar-refractivity contribution in [2.75, 3.05) is 10.7 Å². The molecule has 2 aliphatic rings. The molecule has 0 saturated heterocycles. The molecule has 32 heavy (non-hydrogen) atoms. The van der Waals surface area contributed by atoms with Crippen LogP contribution in [0.3, 0.4) is 0 Å². The van der Waals surface area contributed by atoms with Gasteiger partial charge in [0, 0.05) is 27.9 Å². The summed E-state index contributed by atoms with van der Waals surface area (Å²) in [4.78, 5) is 15.3. The Morgan fingerprint density at radius 3 is 2.78 bits per heavy atom. The van der Waals surface area contributed by atoms with E-state index in [-0.39, 0.29) is 11.2 Å². The van der Waals surface area contributed by atoms with Gasteiger partial charge in [0.05, 0.1) is 17.6 Å². The van der Waals surface area contributed by atoms with Crippen LogP contribution in [0, 0.1) is 16.7 Å². The molecule has 166 valence electrons. The van der Waals surface area contributed by atoms with Crippen LogP contribution < -0.4 is 10.6 Å². The first-order chi connectivity index (χ1) is 15.3. The van der Waals surface area contributed by atoms with E-state index in [1.54, 1.807) is 16.7 Å². The molecule has 9 heteroatoms. The number of allylic oxidation sites excluding steroid dienone is 3. The largest absolute Gasteiger partial charge is 0.384 e. The Kier molecular flexibility index (Phi) is 6.48. The lowest BCUT2D eigenvalue weighted by atomic mass is 9.69. The van der Waals surface area contributed by atoms with Gasteiger partial charge in [-0.1, -0.05) is 78.0 Å². The zero-order valence-electron chi connectivity index (χ0n) is 18.2. The van der Waals surface area contributed by atoms with Gasteiger partial charge in [-0.25, -0.2) is 0 Å². The molecular weight excluding hydrogens is 506 g/mol. The summed E-state index contributed by atoms with van der Waals surface area (Å²) in [6.45, 7) is 6.29. The second kappa shape index (κ2) is 9.00. The highest BCUT2D eigenvalue weighted by Gasteiger charge is 2.45. The lowest BCUT2D eigenvalue weighted by Crippen LogP contribution is -2.42. The molecule has 1 unspecified atom stereocenters. The zero-order chi connectivity index (χ0) is 23.0. The fourth-order valence-corrected chi connectivity index (χ4v) is 6.61. The van der Waals surface area contributed by atoms with Crippen LogP contribution in [0.25, 0.3) is 0 Å². The van der Waals surface area contributed by atoms with Gasteiger partial charge in [0.15, 0.2) is 10.1 Å². The number of hydrogen-bond acceptors (Lipinski definition) is 8. The Morgan fingerprint density at radius 2 is 2.09 bits per heavy atom. The average molecular weight is 531 g/mol. The molecule has 4 rings (SSSR count). The first-order valence-electron chi connectivity index (χ1n) is 10.4. The Labute approximate surface area is 204 Å². The number of nitriles is 1. The predicted molar refractivity (Wildman–Crippen MR) is 132 cm³/mol. The number of hydrogen-bond donors (Lipinski definition) is 1. The van der Waals surface area contributed by atoms with E-state index in [1.807, 2.05) is 24.3 Å². The molecule has 1 aromatic carbocycles. The van der Waals surface area contributed by atoms with Crippen molar-refractivity contribution < 1.29 is 4.79 Å². The van der Waals surface area contributed by atoms with Crippen molar-refractivity contribution in [3.8, 4) is 6.07 Å². The highest BCUT2D eigenvalue weighted by atomic mass is 79.9. The van der Waals surface area contributed by atoms with E-state index < -0.39 is 5.92 Å². The molecule has 6 nitrogen and oxygen atoms in total. The molecule has 0 saturated carbocycles. The van der Waals surface area contributed by atoms with Crippen LogP contribution in [0.5, 0.6) is 0 Å². The van der Waals surface area contributed by atoms with Crippen LogP contribution in [0.15, 0.2) is 55.7 Å². The van der Waals surface area contributed by atoms with Gasteiger partial charge in [0.1, 0.15) is 5.82 Å². The van der Waals surface area contributed by atoms with Crippen LogP contribution in [0.1, 0.15) is 51.5 Å². The number of halogens is 1. The molecule has 1 atom stereocenters. The maximum Gasteiger partial charge on any atom is 0.219 e. The van der Waals surface area contributed by atoms with Crippen LogP contribution >= 0.6 is 39.0 Å². The maximum atomic E-state index is 13.5. The first-order valence-corrected chi connectivity index (χ1v) is 13.0. The number of nitrogens with two attached hydrogens (primary N) is 1. The predicted octanol–water partition coefficient (Wildman–Crippen LogP) is 5.74. The van der Waals surface area contributed by atoms with Crippen LogP contribution in [0.4, 0.5) is 5.13 Å². The van der Waals surface area contributed by atoms with Crippen LogP contribution in [-0.4, -0.2) is 21.7 Å². The Hall–Kier alpha value is -2.15. The van der Waals surface area contributed by atoms with Crippen molar-refractivity contribution in [1.82, 2.24) is 10.2 Å². The number of benzene rings is 1. The number of thioether (sulfide) groups is 1. The Morgan fingerprint density at radius 1 is 1.34 bits per heavy atom. The normalized spacial score (nSPS) is 20.4. The highest BCUT2D eigenvalue weighted by molar-refractivity contribution is 9.10. The highest BCUT2D eigenvalue weighted by Crippen LogP contribution is 2.51. The summed E-state index contributed by atoms with van der Waals surface area (Å²) in [5, 5.41) is 19.4. The monoisotopic (exact) mass is 529 g/mol. The van der Waals surface area contributed by atoms with Gasteiger partial charge < -0.3 is 5.73 Å². The minimum atomic E-state index is -0.507. The maximum absolute atomic E-state index is 13.5.